The van der Waals surface area contributed by atoms with Gasteiger partial charge in [0.2, 0.25) is 0 Å². The molecule has 6 heteroatoms. The molecular weight excluding hydrogens is 208 g/mol. The number of halogens is 2. The summed E-state index contributed by atoms with van der Waals surface area (Å²) in [4.78, 5) is 10.4. The maximum Gasteiger partial charge on any atom is 0.320 e. The van der Waals surface area contributed by atoms with E-state index in [0.717, 1.165) is 0 Å². The van der Waals surface area contributed by atoms with E-state index in [9.17, 15) is 13.6 Å². The molecule has 1 fully saturated rings. The molecule has 0 aromatic rings. The van der Waals surface area contributed by atoms with E-state index in [1.54, 1.807) is 0 Å². The molecule has 1 rings (SSSR count). The van der Waals surface area contributed by atoms with Gasteiger partial charge >= 0.3 is 5.97 Å². The van der Waals surface area contributed by atoms with Gasteiger partial charge < -0.3 is 15.6 Å². The lowest BCUT2D eigenvalue weighted by Gasteiger charge is -2.30. The highest BCUT2D eigenvalue weighted by Gasteiger charge is 2.42. The molecule has 0 aromatic heterocycles. The Hall–Kier alpha value is -0.750. The van der Waals surface area contributed by atoms with E-state index in [1.807, 2.05) is 0 Å². The summed E-state index contributed by atoms with van der Waals surface area (Å²) in [5, 5.41) is 8.46. The van der Waals surface area contributed by atoms with Crippen LogP contribution in [0.1, 0.15) is 19.3 Å². The van der Waals surface area contributed by atoms with Crippen molar-refractivity contribution in [3.8, 4) is 0 Å². The Bertz CT molecular complexity index is 229. The summed E-state index contributed by atoms with van der Waals surface area (Å²) in [6.07, 6.45) is -0.272. The fourth-order valence-electron chi connectivity index (χ4n) is 1.67. The van der Waals surface area contributed by atoms with Crippen LogP contribution in [0.2, 0.25) is 0 Å². The molecule has 0 saturated carbocycles. The first-order chi connectivity index (χ1) is 6.93. The molecule has 0 amide bonds. The van der Waals surface area contributed by atoms with Gasteiger partial charge in [0.15, 0.2) is 0 Å². The van der Waals surface area contributed by atoms with Crippen LogP contribution in [0.15, 0.2) is 0 Å². The van der Waals surface area contributed by atoms with Gasteiger partial charge in [-0.2, -0.15) is 0 Å². The van der Waals surface area contributed by atoms with Crippen LogP contribution in [0.5, 0.6) is 0 Å². The summed E-state index contributed by atoms with van der Waals surface area (Å²) in [6, 6.07) is -1.50. The predicted molar refractivity (Wildman–Crippen MR) is 48.7 cm³/mol. The lowest BCUT2D eigenvalue weighted by Crippen LogP contribution is -2.42. The minimum atomic E-state index is -3.01. The third kappa shape index (κ3) is 3.39. The van der Waals surface area contributed by atoms with Crippen molar-refractivity contribution in [2.75, 3.05) is 13.2 Å². The van der Waals surface area contributed by atoms with E-state index >= 15 is 0 Å². The monoisotopic (exact) mass is 223 g/mol. The SMILES string of the molecule is NC(CC(F)(F)C1CCOCC1)C(=O)O. The fraction of sp³-hybridized carbons (Fsp3) is 0.889. The minimum Gasteiger partial charge on any atom is -0.480 e. The van der Waals surface area contributed by atoms with Crippen molar-refractivity contribution >= 4 is 5.97 Å². The highest BCUT2D eigenvalue weighted by Crippen LogP contribution is 2.35. The van der Waals surface area contributed by atoms with E-state index < -0.39 is 30.3 Å². The maximum absolute atomic E-state index is 13.5. The number of carbonyl (C=O) groups is 1. The number of alkyl halides is 2. The van der Waals surface area contributed by atoms with Crippen LogP contribution in [0.4, 0.5) is 8.78 Å². The van der Waals surface area contributed by atoms with Crippen molar-refractivity contribution in [3.63, 3.8) is 0 Å². The van der Waals surface area contributed by atoms with E-state index in [2.05, 4.69) is 0 Å². The summed E-state index contributed by atoms with van der Waals surface area (Å²) in [5.41, 5.74) is 5.10. The summed E-state index contributed by atoms with van der Waals surface area (Å²) >= 11 is 0. The third-order valence-corrected chi connectivity index (χ3v) is 2.63. The van der Waals surface area contributed by atoms with Crippen LogP contribution in [0.25, 0.3) is 0 Å². The number of aliphatic carboxylic acids is 1. The molecule has 1 heterocycles. The molecule has 0 bridgehead atoms. The third-order valence-electron chi connectivity index (χ3n) is 2.63. The predicted octanol–water partition coefficient (Wildman–Crippen LogP) is 0.850. The molecule has 1 unspecified atom stereocenters. The van der Waals surface area contributed by atoms with Crippen molar-refractivity contribution < 1.29 is 23.4 Å². The Labute approximate surface area is 86.4 Å². The Kier molecular flexibility index (Phi) is 3.98. The molecule has 1 aliphatic heterocycles. The second-order valence-corrected chi connectivity index (χ2v) is 3.80. The summed E-state index contributed by atoms with van der Waals surface area (Å²) in [6.45, 7) is 0.616. The standard InChI is InChI=1S/C9H15F2NO3/c10-9(11,5-7(12)8(13)14)6-1-3-15-4-2-6/h6-7H,1-5,12H2,(H,13,14). The van der Waals surface area contributed by atoms with Crippen molar-refractivity contribution in [3.05, 3.63) is 0 Å². The molecule has 1 saturated heterocycles. The molecule has 3 N–H and O–H groups in total. The smallest absolute Gasteiger partial charge is 0.320 e. The molecule has 15 heavy (non-hydrogen) atoms. The Balaban J connectivity index is 2.52. The number of nitrogens with two attached hydrogens (primary N) is 1. The molecule has 0 aromatic carbocycles. The zero-order valence-electron chi connectivity index (χ0n) is 8.29. The number of hydrogen-bond acceptors (Lipinski definition) is 3. The van der Waals surface area contributed by atoms with Crippen LogP contribution >= 0.6 is 0 Å². The molecule has 0 aliphatic carbocycles. The quantitative estimate of drug-likeness (QED) is 0.741. The highest BCUT2D eigenvalue weighted by molar-refractivity contribution is 5.73. The van der Waals surface area contributed by atoms with E-state index in [0.29, 0.717) is 13.2 Å². The summed E-state index contributed by atoms with van der Waals surface area (Å²) in [5.74, 6) is -5.21. The number of ether oxygens (including phenoxy) is 1. The summed E-state index contributed by atoms with van der Waals surface area (Å²) < 4.78 is 32.0. The Morgan fingerprint density at radius 3 is 2.53 bits per heavy atom. The van der Waals surface area contributed by atoms with Gasteiger partial charge in [-0.3, -0.25) is 4.79 Å². The summed E-state index contributed by atoms with van der Waals surface area (Å²) in [7, 11) is 0. The van der Waals surface area contributed by atoms with Crippen molar-refractivity contribution in [2.24, 2.45) is 11.7 Å². The molecular formula is C9H15F2NO3. The zero-order valence-corrected chi connectivity index (χ0v) is 8.29. The lowest BCUT2D eigenvalue weighted by atomic mass is 9.89. The lowest BCUT2D eigenvalue weighted by molar-refractivity contribution is -0.145. The van der Waals surface area contributed by atoms with Gasteiger partial charge in [0.05, 0.1) is 0 Å². The first-order valence-corrected chi connectivity index (χ1v) is 4.87. The van der Waals surface area contributed by atoms with Crippen LogP contribution in [-0.2, 0) is 9.53 Å². The molecule has 0 spiro atoms. The van der Waals surface area contributed by atoms with Gasteiger partial charge in [-0.25, -0.2) is 8.78 Å². The van der Waals surface area contributed by atoms with Crippen molar-refractivity contribution in [1.82, 2.24) is 0 Å². The maximum atomic E-state index is 13.5. The van der Waals surface area contributed by atoms with Gasteiger partial charge in [0.1, 0.15) is 6.04 Å². The number of hydrogen-bond donors (Lipinski definition) is 2. The average Bonchev–Trinajstić information content (AvgIpc) is 2.18. The van der Waals surface area contributed by atoms with Gasteiger partial charge in [0.25, 0.3) is 5.92 Å². The Morgan fingerprint density at radius 2 is 2.07 bits per heavy atom. The number of rotatable bonds is 4. The molecule has 4 nitrogen and oxygen atoms in total. The van der Waals surface area contributed by atoms with Crippen molar-refractivity contribution in [2.45, 2.75) is 31.2 Å². The highest BCUT2D eigenvalue weighted by atomic mass is 19.3. The van der Waals surface area contributed by atoms with E-state index in [1.165, 1.54) is 0 Å². The van der Waals surface area contributed by atoms with E-state index in [-0.39, 0.29) is 12.8 Å². The molecule has 1 atom stereocenters. The van der Waals surface area contributed by atoms with Gasteiger partial charge in [-0.15, -0.1) is 0 Å². The van der Waals surface area contributed by atoms with E-state index in [4.69, 9.17) is 15.6 Å². The largest absolute Gasteiger partial charge is 0.480 e. The fourth-order valence-corrected chi connectivity index (χ4v) is 1.67. The van der Waals surface area contributed by atoms with Crippen LogP contribution in [0.3, 0.4) is 0 Å². The second kappa shape index (κ2) is 4.85. The van der Waals surface area contributed by atoms with Gasteiger partial charge in [-0.05, 0) is 12.8 Å². The average molecular weight is 223 g/mol. The first-order valence-electron chi connectivity index (χ1n) is 4.87. The molecule has 0 radical (unpaired) electrons. The number of carboxylic acid groups (broad SMARTS) is 1. The normalized spacial score (nSPS) is 21.3. The first kappa shape index (κ1) is 12.3. The van der Waals surface area contributed by atoms with Gasteiger partial charge in [-0.1, -0.05) is 0 Å². The van der Waals surface area contributed by atoms with Gasteiger partial charge in [0, 0.05) is 25.6 Å². The van der Waals surface area contributed by atoms with Crippen molar-refractivity contribution in [1.29, 1.82) is 0 Å². The molecule has 88 valence electrons. The Morgan fingerprint density at radius 1 is 1.53 bits per heavy atom. The van der Waals surface area contributed by atoms with Crippen LogP contribution in [-0.4, -0.2) is 36.3 Å². The molecule has 1 aliphatic rings. The van der Waals surface area contributed by atoms with Crippen LogP contribution in [0, 0.1) is 5.92 Å². The second-order valence-electron chi connectivity index (χ2n) is 3.80. The topological polar surface area (TPSA) is 72.5 Å². The number of carboxylic acids is 1. The minimum absolute atomic E-state index is 0.263. The zero-order chi connectivity index (χ0) is 11.5. The van der Waals surface area contributed by atoms with Crippen LogP contribution < -0.4 is 5.73 Å².